The van der Waals surface area contributed by atoms with E-state index < -0.39 is 0 Å². The molecule has 1 N–H and O–H groups in total. The van der Waals surface area contributed by atoms with Crippen molar-refractivity contribution in [3.63, 3.8) is 0 Å². The molecule has 0 aromatic heterocycles. The summed E-state index contributed by atoms with van der Waals surface area (Å²) in [5.74, 6) is 0. The summed E-state index contributed by atoms with van der Waals surface area (Å²) in [4.78, 5) is 0. The average Bonchev–Trinajstić information content (AvgIpc) is 2.24. The first-order valence-electron chi connectivity index (χ1n) is 6.46. The van der Waals surface area contributed by atoms with Crippen LogP contribution in [-0.4, -0.2) is 5.54 Å². The van der Waals surface area contributed by atoms with Crippen LogP contribution in [0.4, 0.5) is 0 Å². The van der Waals surface area contributed by atoms with Crippen molar-refractivity contribution in [2.24, 2.45) is 5.41 Å². The number of hydrogen-bond donors (Lipinski definition) is 1. The van der Waals surface area contributed by atoms with E-state index in [1.807, 2.05) is 18.2 Å². The summed E-state index contributed by atoms with van der Waals surface area (Å²) < 4.78 is 0. The quantitative estimate of drug-likeness (QED) is 0.873. The van der Waals surface area contributed by atoms with Gasteiger partial charge in [0, 0.05) is 12.1 Å². The van der Waals surface area contributed by atoms with Gasteiger partial charge in [-0.25, -0.2) is 0 Å². The lowest BCUT2D eigenvalue weighted by molar-refractivity contribution is 0.241. The zero-order valence-corrected chi connectivity index (χ0v) is 12.2. The number of nitrogens with one attached hydrogen (secondary N) is 1. The molecular weight excluding hydrogens is 220 g/mol. The summed E-state index contributed by atoms with van der Waals surface area (Å²) in [5.41, 5.74) is 2.30. The third kappa shape index (κ3) is 5.33. The van der Waals surface area contributed by atoms with Gasteiger partial charge in [-0.2, -0.15) is 5.26 Å². The van der Waals surface area contributed by atoms with Gasteiger partial charge in [-0.3, -0.25) is 0 Å². The third-order valence-corrected chi connectivity index (χ3v) is 2.80. The Bertz CT molecular complexity index is 433. The highest BCUT2D eigenvalue weighted by Gasteiger charge is 2.24. The topological polar surface area (TPSA) is 35.8 Å². The fraction of sp³-hybridized carbons (Fsp3) is 0.562. The van der Waals surface area contributed by atoms with Gasteiger partial charge >= 0.3 is 0 Å². The summed E-state index contributed by atoms with van der Waals surface area (Å²) in [5, 5.41) is 12.4. The van der Waals surface area contributed by atoms with Gasteiger partial charge in [-0.15, -0.1) is 0 Å². The Morgan fingerprint density at radius 3 is 2.39 bits per heavy atom. The van der Waals surface area contributed by atoms with E-state index in [2.05, 4.69) is 52.1 Å². The van der Waals surface area contributed by atoms with Gasteiger partial charge in [0.1, 0.15) is 0 Å². The van der Waals surface area contributed by atoms with E-state index in [1.54, 1.807) is 0 Å². The molecule has 0 aliphatic rings. The van der Waals surface area contributed by atoms with Crippen LogP contribution in [-0.2, 0) is 6.54 Å². The van der Waals surface area contributed by atoms with Crippen LogP contribution in [0, 0.1) is 16.7 Å². The molecule has 0 fully saturated rings. The van der Waals surface area contributed by atoms with Crippen LogP contribution in [0.5, 0.6) is 0 Å². The van der Waals surface area contributed by atoms with Gasteiger partial charge in [0.2, 0.25) is 0 Å². The van der Waals surface area contributed by atoms with Gasteiger partial charge in [0.15, 0.2) is 0 Å². The van der Waals surface area contributed by atoms with Crippen molar-refractivity contribution >= 4 is 0 Å². The van der Waals surface area contributed by atoms with Crippen LogP contribution >= 0.6 is 0 Å². The summed E-state index contributed by atoms with van der Waals surface area (Å²) in [6.45, 7) is 12.0. The first kappa shape index (κ1) is 14.7. The van der Waals surface area contributed by atoms with Gasteiger partial charge < -0.3 is 5.32 Å². The third-order valence-electron chi connectivity index (χ3n) is 2.80. The summed E-state index contributed by atoms with van der Waals surface area (Å²) in [6, 6.07) is 9.95. The van der Waals surface area contributed by atoms with Crippen LogP contribution in [0.1, 0.15) is 52.2 Å². The molecule has 2 nitrogen and oxygen atoms in total. The Hall–Kier alpha value is -1.33. The molecule has 0 radical (unpaired) electrons. The van der Waals surface area contributed by atoms with E-state index in [4.69, 9.17) is 5.26 Å². The summed E-state index contributed by atoms with van der Waals surface area (Å²) in [7, 11) is 0. The lowest BCUT2D eigenvalue weighted by atomic mass is 9.82. The van der Waals surface area contributed by atoms with Crippen molar-refractivity contribution < 1.29 is 0 Å². The zero-order chi connectivity index (χ0) is 13.8. The van der Waals surface area contributed by atoms with Crippen LogP contribution in [0.25, 0.3) is 0 Å². The van der Waals surface area contributed by atoms with Crippen molar-refractivity contribution in [3.8, 4) is 6.07 Å². The summed E-state index contributed by atoms with van der Waals surface area (Å²) in [6.07, 6.45) is 1.11. The molecule has 0 saturated carbocycles. The maximum absolute atomic E-state index is 8.87. The maximum Gasteiger partial charge on any atom is 0.0991 e. The molecular formula is C16H24N2. The molecule has 0 bridgehead atoms. The molecule has 0 aliphatic heterocycles. The highest BCUT2D eigenvalue weighted by molar-refractivity contribution is 5.32. The molecule has 0 atom stereocenters. The van der Waals surface area contributed by atoms with E-state index in [0.717, 1.165) is 24.1 Å². The lowest BCUT2D eigenvalue weighted by Crippen LogP contribution is -2.41. The van der Waals surface area contributed by atoms with Crippen LogP contribution in [0.2, 0.25) is 0 Å². The molecule has 0 heterocycles. The van der Waals surface area contributed by atoms with E-state index in [9.17, 15) is 0 Å². The summed E-state index contributed by atoms with van der Waals surface area (Å²) >= 11 is 0. The van der Waals surface area contributed by atoms with Crippen molar-refractivity contribution in [2.45, 2.75) is 53.1 Å². The van der Waals surface area contributed by atoms with E-state index in [-0.39, 0.29) is 5.54 Å². The van der Waals surface area contributed by atoms with Crippen LogP contribution < -0.4 is 5.32 Å². The number of nitriles is 1. The average molecular weight is 244 g/mol. The Morgan fingerprint density at radius 1 is 1.17 bits per heavy atom. The molecule has 0 unspecified atom stereocenters. The monoisotopic (exact) mass is 244 g/mol. The smallest absolute Gasteiger partial charge is 0.0991 e. The second-order valence-electron chi connectivity index (χ2n) is 6.79. The Morgan fingerprint density at radius 2 is 1.83 bits per heavy atom. The normalized spacial score (nSPS) is 12.2. The highest BCUT2D eigenvalue weighted by Crippen LogP contribution is 2.27. The van der Waals surface area contributed by atoms with E-state index in [1.165, 1.54) is 0 Å². The first-order valence-corrected chi connectivity index (χ1v) is 6.46. The molecule has 0 spiro atoms. The minimum Gasteiger partial charge on any atom is -0.308 e. The van der Waals surface area contributed by atoms with Crippen LogP contribution in [0.15, 0.2) is 24.3 Å². The maximum atomic E-state index is 8.87. The Balaban J connectivity index is 2.61. The number of hydrogen-bond acceptors (Lipinski definition) is 2. The van der Waals surface area contributed by atoms with Gasteiger partial charge in [0.05, 0.1) is 11.6 Å². The molecule has 0 aliphatic carbocycles. The molecule has 18 heavy (non-hydrogen) atoms. The fourth-order valence-electron chi connectivity index (χ4n) is 2.48. The van der Waals surface area contributed by atoms with Crippen molar-refractivity contribution in [3.05, 3.63) is 35.4 Å². The number of nitrogens with zero attached hydrogens (tertiary/aromatic N) is 1. The van der Waals surface area contributed by atoms with Crippen molar-refractivity contribution in [1.82, 2.24) is 5.32 Å². The molecule has 1 aromatic carbocycles. The second kappa shape index (κ2) is 5.54. The molecule has 0 saturated heterocycles. The van der Waals surface area contributed by atoms with Crippen molar-refractivity contribution in [2.75, 3.05) is 0 Å². The Labute approximate surface area is 111 Å². The van der Waals surface area contributed by atoms with Gasteiger partial charge in [-0.1, -0.05) is 32.9 Å². The first-order chi connectivity index (χ1) is 8.22. The van der Waals surface area contributed by atoms with Crippen LogP contribution in [0.3, 0.4) is 0 Å². The van der Waals surface area contributed by atoms with E-state index >= 15 is 0 Å². The molecule has 1 aromatic rings. The SMILES string of the molecule is CC(C)(C)CC(C)(C)NCc1cccc(C#N)c1. The van der Waals surface area contributed by atoms with Crippen molar-refractivity contribution in [1.29, 1.82) is 5.26 Å². The highest BCUT2D eigenvalue weighted by atomic mass is 14.9. The van der Waals surface area contributed by atoms with Gasteiger partial charge in [0.25, 0.3) is 0 Å². The molecule has 98 valence electrons. The number of rotatable bonds is 4. The van der Waals surface area contributed by atoms with Gasteiger partial charge in [-0.05, 0) is 43.4 Å². The minimum absolute atomic E-state index is 0.0981. The molecule has 0 amide bonds. The largest absolute Gasteiger partial charge is 0.308 e. The Kier molecular flexibility index (Phi) is 4.53. The molecule has 1 rings (SSSR count). The minimum atomic E-state index is 0.0981. The lowest BCUT2D eigenvalue weighted by Gasteiger charge is -2.33. The predicted molar refractivity (Wildman–Crippen MR) is 76.1 cm³/mol. The number of benzene rings is 1. The standard InChI is InChI=1S/C16H24N2/c1-15(2,3)12-16(4,5)18-11-14-8-6-7-13(9-14)10-17/h6-9,18H,11-12H2,1-5H3. The second-order valence-corrected chi connectivity index (χ2v) is 6.79. The fourth-order valence-corrected chi connectivity index (χ4v) is 2.48. The predicted octanol–water partition coefficient (Wildman–Crippen LogP) is 3.86. The molecule has 2 heteroatoms. The van der Waals surface area contributed by atoms with E-state index in [0.29, 0.717) is 5.41 Å². The zero-order valence-electron chi connectivity index (χ0n) is 12.2.